The second-order valence-electron chi connectivity index (χ2n) is 5.48. The van der Waals surface area contributed by atoms with Gasteiger partial charge in [0.15, 0.2) is 0 Å². The summed E-state index contributed by atoms with van der Waals surface area (Å²) in [6.07, 6.45) is 0. The molecule has 2 aromatic rings. The van der Waals surface area contributed by atoms with Crippen LogP contribution >= 0.6 is 23.2 Å². The van der Waals surface area contributed by atoms with Crippen molar-refractivity contribution in [2.24, 2.45) is 5.73 Å². The van der Waals surface area contributed by atoms with Crippen molar-refractivity contribution < 1.29 is 9.59 Å². The molecule has 0 saturated heterocycles. The van der Waals surface area contributed by atoms with Gasteiger partial charge in [-0.05, 0) is 42.3 Å². The minimum Gasteiger partial charge on any atom is -0.352 e. The van der Waals surface area contributed by atoms with Crippen LogP contribution in [-0.2, 0) is 13.1 Å². The second kappa shape index (κ2) is 8.74. The number of halogens is 2. The number of hydrogen-bond donors (Lipinski definition) is 2. The number of benzene rings is 2. The number of nitrogens with zero attached hydrogens (tertiary/aromatic N) is 1. The van der Waals surface area contributed by atoms with Crippen molar-refractivity contribution in [3.63, 3.8) is 0 Å². The van der Waals surface area contributed by atoms with Gasteiger partial charge in [-0.3, -0.25) is 4.79 Å². The van der Waals surface area contributed by atoms with Gasteiger partial charge >= 0.3 is 6.03 Å². The van der Waals surface area contributed by atoms with E-state index in [9.17, 15) is 9.59 Å². The summed E-state index contributed by atoms with van der Waals surface area (Å²) in [5.41, 5.74) is 7.39. The molecule has 0 radical (unpaired) electrons. The number of nitrogens with one attached hydrogen (secondary N) is 1. The molecule has 0 bridgehead atoms. The second-order valence-corrected chi connectivity index (χ2v) is 6.30. The fourth-order valence-electron chi connectivity index (χ4n) is 2.32. The molecule has 25 heavy (non-hydrogen) atoms. The van der Waals surface area contributed by atoms with Gasteiger partial charge in [-0.15, -0.1) is 0 Å². The molecule has 0 heterocycles. The largest absolute Gasteiger partial charge is 0.352 e. The highest BCUT2D eigenvalue weighted by Crippen LogP contribution is 2.23. The summed E-state index contributed by atoms with van der Waals surface area (Å²) >= 11 is 12.0. The third-order valence-corrected chi connectivity index (χ3v) is 4.43. The van der Waals surface area contributed by atoms with Gasteiger partial charge in [-0.2, -0.15) is 0 Å². The Kier molecular flexibility index (Phi) is 6.67. The molecule has 0 aliphatic rings. The van der Waals surface area contributed by atoms with Crippen LogP contribution < -0.4 is 11.1 Å². The van der Waals surface area contributed by atoms with E-state index in [0.29, 0.717) is 35.2 Å². The summed E-state index contributed by atoms with van der Waals surface area (Å²) in [6, 6.07) is 11.8. The highest BCUT2D eigenvalue weighted by molar-refractivity contribution is 6.42. The molecular formula is C18H19Cl2N3O2. The Morgan fingerprint density at radius 2 is 1.68 bits per heavy atom. The predicted molar refractivity (Wildman–Crippen MR) is 99.7 cm³/mol. The highest BCUT2D eigenvalue weighted by Gasteiger charge is 2.15. The molecule has 2 aromatic carbocycles. The van der Waals surface area contributed by atoms with Crippen LogP contribution in [0, 0.1) is 0 Å². The van der Waals surface area contributed by atoms with Gasteiger partial charge in [0.25, 0.3) is 5.91 Å². The van der Waals surface area contributed by atoms with Crippen LogP contribution in [0.5, 0.6) is 0 Å². The summed E-state index contributed by atoms with van der Waals surface area (Å²) in [6.45, 7) is 3.24. The van der Waals surface area contributed by atoms with E-state index in [4.69, 9.17) is 28.9 Å². The van der Waals surface area contributed by atoms with E-state index in [2.05, 4.69) is 5.32 Å². The number of carbonyl (C=O) groups is 2. The number of carbonyl (C=O) groups excluding carboxylic acids is 2. The van der Waals surface area contributed by atoms with Gasteiger partial charge in [0, 0.05) is 25.2 Å². The lowest BCUT2D eigenvalue weighted by Gasteiger charge is -2.21. The topological polar surface area (TPSA) is 75.4 Å². The predicted octanol–water partition coefficient (Wildman–Crippen LogP) is 3.82. The van der Waals surface area contributed by atoms with E-state index in [-0.39, 0.29) is 5.91 Å². The van der Waals surface area contributed by atoms with Crippen LogP contribution in [0.25, 0.3) is 0 Å². The Bertz CT molecular complexity index is 763. The van der Waals surface area contributed by atoms with Gasteiger partial charge in [-0.1, -0.05) is 41.4 Å². The third kappa shape index (κ3) is 5.37. The van der Waals surface area contributed by atoms with E-state index >= 15 is 0 Å². The van der Waals surface area contributed by atoms with E-state index < -0.39 is 6.03 Å². The maximum absolute atomic E-state index is 12.7. The molecule has 7 heteroatoms. The fourth-order valence-corrected chi connectivity index (χ4v) is 2.64. The van der Waals surface area contributed by atoms with Crippen molar-refractivity contribution in [3.8, 4) is 0 Å². The zero-order valence-electron chi connectivity index (χ0n) is 13.8. The lowest BCUT2D eigenvalue weighted by Crippen LogP contribution is -2.30. The summed E-state index contributed by atoms with van der Waals surface area (Å²) in [4.78, 5) is 25.1. The molecule has 3 amide bonds. The van der Waals surface area contributed by atoms with Crippen molar-refractivity contribution in [3.05, 3.63) is 69.2 Å². The average molecular weight is 380 g/mol. The highest BCUT2D eigenvalue weighted by atomic mass is 35.5. The van der Waals surface area contributed by atoms with Crippen LogP contribution in [0.3, 0.4) is 0 Å². The van der Waals surface area contributed by atoms with Crippen molar-refractivity contribution in [1.82, 2.24) is 10.2 Å². The maximum Gasteiger partial charge on any atom is 0.312 e. The summed E-state index contributed by atoms with van der Waals surface area (Å²) in [5, 5.41) is 3.46. The Hall–Kier alpha value is -2.24. The summed E-state index contributed by atoms with van der Waals surface area (Å²) < 4.78 is 0. The number of hydrogen-bond acceptors (Lipinski definition) is 2. The lowest BCUT2D eigenvalue weighted by molar-refractivity contribution is 0.0752. The number of nitrogens with two attached hydrogens (primary N) is 1. The van der Waals surface area contributed by atoms with E-state index in [1.807, 2.05) is 13.0 Å². The minimum atomic E-state index is -0.584. The van der Waals surface area contributed by atoms with Gasteiger partial charge < -0.3 is 16.0 Å². The number of amides is 3. The molecular weight excluding hydrogens is 361 g/mol. The van der Waals surface area contributed by atoms with Crippen LogP contribution in [0.15, 0.2) is 42.5 Å². The van der Waals surface area contributed by atoms with Crippen molar-refractivity contribution in [2.45, 2.75) is 20.0 Å². The van der Waals surface area contributed by atoms with Crippen LogP contribution in [0.4, 0.5) is 4.79 Å². The van der Waals surface area contributed by atoms with E-state index in [0.717, 1.165) is 11.1 Å². The van der Waals surface area contributed by atoms with E-state index in [1.54, 1.807) is 41.3 Å². The first kappa shape index (κ1) is 19.1. The first-order valence-electron chi connectivity index (χ1n) is 7.76. The molecule has 3 N–H and O–H groups in total. The molecule has 0 saturated carbocycles. The first-order chi connectivity index (χ1) is 11.9. The fraction of sp³-hybridized carbons (Fsp3) is 0.222. The molecule has 0 aliphatic carbocycles. The molecule has 132 valence electrons. The van der Waals surface area contributed by atoms with E-state index in [1.165, 1.54) is 0 Å². The third-order valence-electron chi connectivity index (χ3n) is 3.69. The normalized spacial score (nSPS) is 10.4. The molecule has 0 aliphatic heterocycles. The maximum atomic E-state index is 12.7. The smallest absolute Gasteiger partial charge is 0.312 e. The monoisotopic (exact) mass is 379 g/mol. The SMILES string of the molecule is CCN(Cc1ccc(Cl)c(Cl)c1)C(=O)c1ccc(CNC(N)=O)cc1. The Morgan fingerprint density at radius 1 is 1.04 bits per heavy atom. The summed E-state index contributed by atoms with van der Waals surface area (Å²) in [5.74, 6) is -0.0806. The molecule has 5 nitrogen and oxygen atoms in total. The molecule has 0 aromatic heterocycles. The van der Waals surface area contributed by atoms with Crippen molar-refractivity contribution in [1.29, 1.82) is 0 Å². The van der Waals surface area contributed by atoms with Gasteiger partial charge in [0.05, 0.1) is 10.0 Å². The van der Waals surface area contributed by atoms with Gasteiger partial charge in [-0.25, -0.2) is 4.79 Å². The first-order valence-corrected chi connectivity index (χ1v) is 8.51. The van der Waals surface area contributed by atoms with Gasteiger partial charge in [0.2, 0.25) is 0 Å². The average Bonchev–Trinajstić information content (AvgIpc) is 2.60. The quantitative estimate of drug-likeness (QED) is 0.799. The zero-order valence-corrected chi connectivity index (χ0v) is 15.3. The van der Waals surface area contributed by atoms with Crippen LogP contribution in [0.1, 0.15) is 28.4 Å². The lowest BCUT2D eigenvalue weighted by atomic mass is 10.1. The van der Waals surface area contributed by atoms with Crippen molar-refractivity contribution >= 4 is 35.1 Å². The Morgan fingerprint density at radius 3 is 2.24 bits per heavy atom. The van der Waals surface area contributed by atoms with Crippen molar-refractivity contribution in [2.75, 3.05) is 6.54 Å². The number of primary amides is 1. The molecule has 2 rings (SSSR count). The minimum absolute atomic E-state index is 0.0806. The van der Waals surface area contributed by atoms with Crippen LogP contribution in [-0.4, -0.2) is 23.4 Å². The number of urea groups is 1. The molecule has 0 fully saturated rings. The zero-order chi connectivity index (χ0) is 18.4. The molecule has 0 atom stereocenters. The Balaban J connectivity index is 2.07. The number of rotatable bonds is 6. The standard InChI is InChI=1S/C18H19Cl2N3O2/c1-2-23(11-13-5-8-15(19)16(20)9-13)17(24)14-6-3-12(4-7-14)10-22-18(21)25/h3-9H,2,10-11H2,1H3,(H3,21,22,25). The van der Waals surface area contributed by atoms with Gasteiger partial charge in [0.1, 0.15) is 0 Å². The van der Waals surface area contributed by atoms with Crippen LogP contribution in [0.2, 0.25) is 10.0 Å². The Labute approximate surface area is 156 Å². The summed E-state index contributed by atoms with van der Waals surface area (Å²) in [7, 11) is 0. The molecule has 0 unspecified atom stereocenters. The molecule has 0 spiro atoms.